The molecule has 1 atom stereocenters. The number of nitrogens with one attached hydrogen (secondary N) is 1. The summed E-state index contributed by atoms with van der Waals surface area (Å²) >= 11 is 0. The van der Waals surface area contributed by atoms with Crippen LogP contribution in [-0.2, 0) is 9.59 Å². The third-order valence-electron chi connectivity index (χ3n) is 3.95. The van der Waals surface area contributed by atoms with Gasteiger partial charge in [0.05, 0.1) is 25.8 Å². The number of likely N-dealkylation sites (N-methyl/N-ethyl adjacent to an activating group) is 1. The van der Waals surface area contributed by atoms with Gasteiger partial charge >= 0.3 is 0 Å². The molecule has 0 bridgehead atoms. The van der Waals surface area contributed by atoms with Crippen molar-refractivity contribution in [1.29, 1.82) is 0 Å². The van der Waals surface area contributed by atoms with Crippen LogP contribution in [-0.4, -0.2) is 47.9 Å². The van der Waals surface area contributed by atoms with Crippen LogP contribution in [0.1, 0.15) is 38.3 Å². The third kappa shape index (κ3) is 4.31. The highest BCUT2D eigenvalue weighted by Crippen LogP contribution is 2.18. The van der Waals surface area contributed by atoms with Crippen molar-refractivity contribution < 1.29 is 9.59 Å². The summed E-state index contributed by atoms with van der Waals surface area (Å²) in [7, 11) is 0. The summed E-state index contributed by atoms with van der Waals surface area (Å²) in [6.45, 7) is 5.92. The molecule has 1 N–H and O–H groups in total. The van der Waals surface area contributed by atoms with Crippen LogP contribution >= 0.6 is 0 Å². The molecule has 1 heterocycles. The van der Waals surface area contributed by atoms with Crippen LogP contribution in [0.25, 0.3) is 0 Å². The van der Waals surface area contributed by atoms with E-state index in [1.165, 1.54) is 0 Å². The second-order valence-corrected chi connectivity index (χ2v) is 5.70. The highest BCUT2D eigenvalue weighted by molar-refractivity contribution is 5.83. The molecular formula is C17H25N3O2. The summed E-state index contributed by atoms with van der Waals surface area (Å²) < 4.78 is 0. The number of rotatable bonds is 7. The molecule has 5 nitrogen and oxygen atoms in total. The van der Waals surface area contributed by atoms with Gasteiger partial charge in [-0.25, -0.2) is 0 Å². The fourth-order valence-electron chi connectivity index (χ4n) is 2.78. The minimum absolute atomic E-state index is 0.0203. The molecule has 22 heavy (non-hydrogen) atoms. The van der Waals surface area contributed by atoms with Gasteiger partial charge in [0, 0.05) is 6.54 Å². The molecule has 0 aromatic heterocycles. The molecule has 0 radical (unpaired) electrons. The summed E-state index contributed by atoms with van der Waals surface area (Å²) in [5.41, 5.74) is 1.13. The van der Waals surface area contributed by atoms with E-state index in [-0.39, 0.29) is 24.4 Å². The molecule has 1 aliphatic rings. The third-order valence-corrected chi connectivity index (χ3v) is 3.95. The number of amides is 2. The first-order chi connectivity index (χ1) is 10.6. The standard InChI is InChI=1S/C17H25N3O2/c1-3-8-15(14-9-6-5-7-10-14)18-16(21)11-19-12-17(22)20(4-2)13-19/h5-7,9-10,15H,3-4,8,11-13H2,1-2H3,(H,18,21)/t15-/m1/s1. The Labute approximate surface area is 132 Å². The number of benzene rings is 1. The first kappa shape index (κ1) is 16.5. The van der Waals surface area contributed by atoms with E-state index in [1.54, 1.807) is 4.90 Å². The average Bonchev–Trinajstić information content (AvgIpc) is 2.87. The first-order valence-corrected chi connectivity index (χ1v) is 7.98. The largest absolute Gasteiger partial charge is 0.348 e. The van der Waals surface area contributed by atoms with Crippen molar-refractivity contribution in [3.05, 3.63) is 35.9 Å². The van der Waals surface area contributed by atoms with Crippen molar-refractivity contribution in [2.24, 2.45) is 0 Å². The Bertz CT molecular complexity index is 504. The number of hydrogen-bond donors (Lipinski definition) is 1. The van der Waals surface area contributed by atoms with Gasteiger partial charge < -0.3 is 10.2 Å². The lowest BCUT2D eigenvalue weighted by atomic mass is 10.0. The minimum Gasteiger partial charge on any atom is -0.348 e. The van der Waals surface area contributed by atoms with Gasteiger partial charge in [-0.05, 0) is 18.9 Å². The number of nitrogens with zero attached hydrogens (tertiary/aromatic N) is 2. The zero-order valence-corrected chi connectivity index (χ0v) is 13.4. The summed E-state index contributed by atoms with van der Waals surface area (Å²) in [6, 6.07) is 10.1. The van der Waals surface area contributed by atoms with Gasteiger partial charge in [-0.3, -0.25) is 14.5 Å². The van der Waals surface area contributed by atoms with Crippen molar-refractivity contribution in [2.75, 3.05) is 26.3 Å². The summed E-state index contributed by atoms with van der Waals surface area (Å²) in [6.07, 6.45) is 1.92. The smallest absolute Gasteiger partial charge is 0.237 e. The van der Waals surface area contributed by atoms with Crippen LogP contribution in [0.4, 0.5) is 0 Å². The highest BCUT2D eigenvalue weighted by Gasteiger charge is 2.27. The second-order valence-electron chi connectivity index (χ2n) is 5.70. The predicted molar refractivity (Wildman–Crippen MR) is 86.1 cm³/mol. The predicted octanol–water partition coefficient (Wildman–Crippen LogP) is 1.77. The maximum Gasteiger partial charge on any atom is 0.237 e. The molecule has 1 aromatic carbocycles. The normalized spacial score (nSPS) is 16.8. The average molecular weight is 303 g/mol. The summed E-state index contributed by atoms with van der Waals surface area (Å²) in [5, 5.41) is 3.10. The highest BCUT2D eigenvalue weighted by atomic mass is 16.2. The van der Waals surface area contributed by atoms with E-state index in [9.17, 15) is 9.59 Å². The minimum atomic E-state index is -0.0203. The molecule has 1 saturated heterocycles. The number of hydrogen-bond acceptors (Lipinski definition) is 3. The molecule has 0 spiro atoms. The van der Waals surface area contributed by atoms with Crippen molar-refractivity contribution in [3.8, 4) is 0 Å². The van der Waals surface area contributed by atoms with E-state index >= 15 is 0 Å². The van der Waals surface area contributed by atoms with Gasteiger partial charge in [0.15, 0.2) is 0 Å². The van der Waals surface area contributed by atoms with Crippen LogP contribution in [0, 0.1) is 0 Å². The summed E-state index contributed by atoms with van der Waals surface area (Å²) in [4.78, 5) is 27.6. The quantitative estimate of drug-likeness (QED) is 0.835. The molecule has 1 fully saturated rings. The maximum absolute atomic E-state index is 12.3. The molecule has 1 aromatic rings. The van der Waals surface area contributed by atoms with E-state index in [2.05, 4.69) is 12.2 Å². The van der Waals surface area contributed by atoms with Gasteiger partial charge in [0.1, 0.15) is 0 Å². The molecule has 0 aliphatic carbocycles. The Morgan fingerprint density at radius 3 is 2.59 bits per heavy atom. The SMILES string of the molecule is CCC[C@@H](NC(=O)CN1CC(=O)N(CC)C1)c1ccccc1. The van der Waals surface area contributed by atoms with Crippen molar-refractivity contribution in [2.45, 2.75) is 32.7 Å². The molecule has 1 aliphatic heterocycles. The number of carbonyl (C=O) groups is 2. The zero-order valence-electron chi connectivity index (χ0n) is 13.4. The van der Waals surface area contributed by atoms with Crippen LogP contribution in [0.5, 0.6) is 0 Å². The van der Waals surface area contributed by atoms with Crippen LogP contribution in [0.2, 0.25) is 0 Å². The summed E-state index contributed by atoms with van der Waals surface area (Å²) in [5.74, 6) is 0.0801. The van der Waals surface area contributed by atoms with Gasteiger partial charge in [-0.2, -0.15) is 0 Å². The first-order valence-electron chi connectivity index (χ1n) is 7.98. The Hall–Kier alpha value is -1.88. The fourth-order valence-corrected chi connectivity index (χ4v) is 2.78. The van der Waals surface area contributed by atoms with E-state index in [0.29, 0.717) is 19.8 Å². The van der Waals surface area contributed by atoms with Crippen molar-refractivity contribution >= 4 is 11.8 Å². The molecule has 120 valence electrons. The van der Waals surface area contributed by atoms with Gasteiger partial charge in [0.2, 0.25) is 11.8 Å². The lowest BCUT2D eigenvalue weighted by molar-refractivity contribution is -0.126. The van der Waals surface area contributed by atoms with E-state index in [4.69, 9.17) is 0 Å². The fraction of sp³-hybridized carbons (Fsp3) is 0.529. The monoisotopic (exact) mass is 303 g/mol. The van der Waals surface area contributed by atoms with Crippen LogP contribution in [0.15, 0.2) is 30.3 Å². The molecular weight excluding hydrogens is 278 g/mol. The van der Waals surface area contributed by atoms with E-state index in [1.807, 2.05) is 42.2 Å². The Morgan fingerprint density at radius 1 is 1.27 bits per heavy atom. The van der Waals surface area contributed by atoms with Crippen molar-refractivity contribution in [1.82, 2.24) is 15.1 Å². The molecule has 2 rings (SSSR count). The lowest BCUT2D eigenvalue weighted by Crippen LogP contribution is -2.38. The van der Waals surface area contributed by atoms with Gasteiger partial charge in [-0.1, -0.05) is 43.7 Å². The molecule has 2 amide bonds. The van der Waals surface area contributed by atoms with E-state index in [0.717, 1.165) is 18.4 Å². The lowest BCUT2D eigenvalue weighted by Gasteiger charge is -2.21. The maximum atomic E-state index is 12.3. The van der Waals surface area contributed by atoms with Crippen LogP contribution in [0.3, 0.4) is 0 Å². The van der Waals surface area contributed by atoms with E-state index < -0.39 is 0 Å². The Kier molecular flexibility index (Phi) is 5.95. The van der Waals surface area contributed by atoms with Crippen molar-refractivity contribution in [3.63, 3.8) is 0 Å². The number of carbonyl (C=O) groups excluding carboxylic acids is 2. The molecule has 0 saturated carbocycles. The topological polar surface area (TPSA) is 52.7 Å². The van der Waals surface area contributed by atoms with Crippen LogP contribution < -0.4 is 5.32 Å². The second kappa shape index (κ2) is 7.94. The Morgan fingerprint density at radius 2 is 2.00 bits per heavy atom. The zero-order chi connectivity index (χ0) is 15.9. The van der Waals surface area contributed by atoms with Gasteiger partial charge in [-0.15, -0.1) is 0 Å². The molecule has 5 heteroatoms. The Balaban J connectivity index is 1.91. The molecule has 0 unspecified atom stereocenters. The van der Waals surface area contributed by atoms with Gasteiger partial charge in [0.25, 0.3) is 0 Å².